The lowest BCUT2D eigenvalue weighted by atomic mass is 10.3. The molecule has 0 fully saturated rings. The molecule has 2 aromatic rings. The summed E-state index contributed by atoms with van der Waals surface area (Å²) in [6.45, 7) is 6.83. The van der Waals surface area contributed by atoms with Crippen LogP contribution in [0, 0.1) is 6.92 Å². The Morgan fingerprint density at radius 1 is 1.28 bits per heavy atom. The van der Waals surface area contributed by atoms with Crippen LogP contribution >= 0.6 is 0 Å². The largest absolute Gasteiger partial charge is 0.330 e. The van der Waals surface area contributed by atoms with Crippen molar-refractivity contribution in [1.29, 1.82) is 0 Å². The third-order valence-corrected chi connectivity index (χ3v) is 3.95. The van der Waals surface area contributed by atoms with Gasteiger partial charge in [-0.1, -0.05) is 24.3 Å². The van der Waals surface area contributed by atoms with Gasteiger partial charge in [0.2, 0.25) is 11.8 Å². The second-order valence-corrected chi connectivity index (χ2v) is 5.67. The predicted molar refractivity (Wildman–Crippen MR) is 96.8 cm³/mol. The Morgan fingerprint density at radius 2 is 1.92 bits per heavy atom. The number of benzene rings is 1. The van der Waals surface area contributed by atoms with Crippen molar-refractivity contribution in [2.75, 3.05) is 18.4 Å². The van der Waals surface area contributed by atoms with Crippen molar-refractivity contribution in [2.24, 2.45) is 7.05 Å². The molecule has 0 atom stereocenters. The molecule has 0 aliphatic heterocycles. The minimum Gasteiger partial charge on any atom is -0.330 e. The van der Waals surface area contributed by atoms with Crippen LogP contribution in [0.3, 0.4) is 0 Å². The third kappa shape index (κ3) is 3.88. The summed E-state index contributed by atoms with van der Waals surface area (Å²) in [6.07, 6.45) is 1.55. The fourth-order valence-corrected chi connectivity index (χ4v) is 2.52. The molecular weight excluding hydrogens is 320 g/mol. The molecule has 1 N–H and O–H groups in total. The number of carbonyl (C=O) groups excluding carboxylic acids is 2. The highest BCUT2D eigenvalue weighted by Gasteiger charge is 2.19. The van der Waals surface area contributed by atoms with Gasteiger partial charge in [-0.25, -0.2) is 4.68 Å². The van der Waals surface area contributed by atoms with E-state index in [0.29, 0.717) is 11.4 Å². The number of nitrogens with one attached hydrogen (secondary N) is 1. The normalized spacial score (nSPS) is 10.4. The molecule has 1 aromatic heterocycles. The van der Waals surface area contributed by atoms with E-state index in [-0.39, 0.29) is 30.2 Å². The Hall–Kier alpha value is -3.09. The van der Waals surface area contributed by atoms with Gasteiger partial charge >= 0.3 is 0 Å². The summed E-state index contributed by atoms with van der Waals surface area (Å²) in [7, 11) is 1.75. The topological polar surface area (TPSA) is 76.3 Å². The SMILES string of the molecule is C=CCN(CC(=O)Nc1c(C)n(C)n(-c2ccccc2)c1=O)C(C)=O. The van der Waals surface area contributed by atoms with Crippen LogP contribution in [0.15, 0.2) is 47.8 Å². The fourth-order valence-electron chi connectivity index (χ4n) is 2.52. The van der Waals surface area contributed by atoms with Crippen LogP contribution in [-0.2, 0) is 16.6 Å². The van der Waals surface area contributed by atoms with Gasteiger partial charge in [-0.2, -0.15) is 0 Å². The number of anilines is 1. The van der Waals surface area contributed by atoms with Crippen LogP contribution < -0.4 is 10.9 Å². The molecule has 0 saturated heterocycles. The van der Waals surface area contributed by atoms with Crippen LogP contribution in [-0.4, -0.2) is 39.2 Å². The molecule has 25 heavy (non-hydrogen) atoms. The lowest BCUT2D eigenvalue weighted by Crippen LogP contribution is -2.37. The third-order valence-electron chi connectivity index (χ3n) is 3.95. The van der Waals surface area contributed by atoms with Gasteiger partial charge in [-0.05, 0) is 19.1 Å². The van der Waals surface area contributed by atoms with Gasteiger partial charge in [0.05, 0.1) is 11.4 Å². The maximum atomic E-state index is 12.7. The number of para-hydroxylation sites is 1. The Labute approximate surface area is 146 Å². The molecule has 0 aliphatic rings. The number of amides is 2. The van der Waals surface area contributed by atoms with Gasteiger partial charge in [0, 0.05) is 20.5 Å². The van der Waals surface area contributed by atoms with Crippen molar-refractivity contribution >= 4 is 17.5 Å². The lowest BCUT2D eigenvalue weighted by Gasteiger charge is -2.18. The Morgan fingerprint density at radius 3 is 2.48 bits per heavy atom. The highest BCUT2D eigenvalue weighted by molar-refractivity contribution is 5.94. The van der Waals surface area contributed by atoms with E-state index in [1.54, 1.807) is 24.7 Å². The first-order valence-electron chi connectivity index (χ1n) is 7.87. The maximum Gasteiger partial charge on any atom is 0.295 e. The first kappa shape index (κ1) is 18.3. The Bertz CT molecular complexity index is 849. The van der Waals surface area contributed by atoms with Crippen LogP contribution in [0.4, 0.5) is 5.69 Å². The van der Waals surface area contributed by atoms with Crippen LogP contribution in [0.1, 0.15) is 12.6 Å². The summed E-state index contributed by atoms with van der Waals surface area (Å²) in [5, 5.41) is 2.63. The standard InChI is InChI=1S/C18H22N4O3/c1-5-11-21(14(3)23)12-16(24)19-17-13(2)20(4)22(18(17)25)15-9-7-6-8-10-15/h5-10H,1,11-12H2,2-4H3,(H,19,24). The van der Waals surface area contributed by atoms with Crippen molar-refractivity contribution in [3.05, 3.63) is 59.0 Å². The van der Waals surface area contributed by atoms with Crippen molar-refractivity contribution in [3.63, 3.8) is 0 Å². The van der Waals surface area contributed by atoms with E-state index < -0.39 is 5.91 Å². The highest BCUT2D eigenvalue weighted by Crippen LogP contribution is 2.13. The summed E-state index contributed by atoms with van der Waals surface area (Å²) in [4.78, 5) is 37.9. The number of aromatic nitrogens is 2. The van der Waals surface area contributed by atoms with Crippen molar-refractivity contribution in [1.82, 2.24) is 14.3 Å². The second kappa shape index (κ2) is 7.65. The zero-order chi connectivity index (χ0) is 18.6. The van der Waals surface area contributed by atoms with E-state index in [4.69, 9.17) is 0 Å². The fraction of sp³-hybridized carbons (Fsp3) is 0.278. The molecule has 0 aliphatic carbocycles. The summed E-state index contributed by atoms with van der Waals surface area (Å²) >= 11 is 0. The van der Waals surface area contributed by atoms with Crippen molar-refractivity contribution in [2.45, 2.75) is 13.8 Å². The summed E-state index contributed by atoms with van der Waals surface area (Å²) in [6, 6.07) is 9.16. The summed E-state index contributed by atoms with van der Waals surface area (Å²) in [5.74, 6) is -0.662. The van der Waals surface area contributed by atoms with Gasteiger partial charge in [0.15, 0.2) is 0 Å². The monoisotopic (exact) mass is 342 g/mol. The Kier molecular flexibility index (Phi) is 5.59. The molecule has 7 heteroatoms. The molecule has 1 heterocycles. The molecule has 0 spiro atoms. The van der Waals surface area contributed by atoms with E-state index in [0.717, 1.165) is 0 Å². The summed E-state index contributed by atoms with van der Waals surface area (Å²) in [5.41, 5.74) is 1.21. The van der Waals surface area contributed by atoms with Crippen LogP contribution in [0.25, 0.3) is 5.69 Å². The molecular formula is C18H22N4O3. The quantitative estimate of drug-likeness (QED) is 0.808. The number of carbonyl (C=O) groups is 2. The number of nitrogens with zero attached hydrogens (tertiary/aromatic N) is 3. The Balaban J connectivity index is 2.29. The first-order valence-corrected chi connectivity index (χ1v) is 7.87. The smallest absolute Gasteiger partial charge is 0.295 e. The van der Waals surface area contributed by atoms with Gasteiger partial charge in [-0.3, -0.25) is 19.1 Å². The molecule has 2 rings (SSSR count). The van der Waals surface area contributed by atoms with Gasteiger partial charge in [0.25, 0.3) is 5.56 Å². The maximum absolute atomic E-state index is 12.7. The van der Waals surface area contributed by atoms with Gasteiger partial charge in [0.1, 0.15) is 12.2 Å². The van der Waals surface area contributed by atoms with E-state index in [1.807, 2.05) is 30.3 Å². The lowest BCUT2D eigenvalue weighted by molar-refractivity contribution is -0.132. The molecule has 0 unspecified atom stereocenters. The molecule has 0 radical (unpaired) electrons. The molecule has 0 saturated carbocycles. The minimum absolute atomic E-state index is 0.138. The zero-order valence-corrected chi connectivity index (χ0v) is 14.7. The van der Waals surface area contributed by atoms with E-state index in [2.05, 4.69) is 11.9 Å². The second-order valence-electron chi connectivity index (χ2n) is 5.67. The van der Waals surface area contributed by atoms with E-state index >= 15 is 0 Å². The van der Waals surface area contributed by atoms with Crippen LogP contribution in [0.5, 0.6) is 0 Å². The van der Waals surface area contributed by atoms with Crippen molar-refractivity contribution < 1.29 is 9.59 Å². The first-order chi connectivity index (χ1) is 11.9. The molecule has 0 bridgehead atoms. The molecule has 132 valence electrons. The summed E-state index contributed by atoms with van der Waals surface area (Å²) < 4.78 is 3.16. The molecule has 7 nitrogen and oxygen atoms in total. The van der Waals surface area contributed by atoms with E-state index in [1.165, 1.54) is 16.5 Å². The number of hydrogen-bond donors (Lipinski definition) is 1. The number of rotatable bonds is 6. The van der Waals surface area contributed by atoms with Crippen molar-refractivity contribution in [3.8, 4) is 5.69 Å². The predicted octanol–water partition coefficient (Wildman–Crippen LogP) is 1.46. The van der Waals surface area contributed by atoms with Gasteiger partial charge in [-0.15, -0.1) is 6.58 Å². The molecule has 2 amide bonds. The highest BCUT2D eigenvalue weighted by atomic mass is 16.2. The van der Waals surface area contributed by atoms with Gasteiger partial charge < -0.3 is 10.2 Å². The van der Waals surface area contributed by atoms with Crippen LogP contribution in [0.2, 0.25) is 0 Å². The zero-order valence-electron chi connectivity index (χ0n) is 14.7. The average molecular weight is 342 g/mol. The van der Waals surface area contributed by atoms with E-state index in [9.17, 15) is 14.4 Å². The minimum atomic E-state index is -0.428. The average Bonchev–Trinajstić information content (AvgIpc) is 2.79. The molecule has 1 aromatic carbocycles. The number of hydrogen-bond acceptors (Lipinski definition) is 3.